The lowest BCUT2D eigenvalue weighted by molar-refractivity contribution is 0.645. The van der Waals surface area contributed by atoms with E-state index in [1.165, 1.54) is 12.8 Å². The summed E-state index contributed by atoms with van der Waals surface area (Å²) in [5.74, 6) is 2.91. The van der Waals surface area contributed by atoms with Crippen LogP contribution in [0.15, 0.2) is 30.3 Å². The first-order chi connectivity index (χ1) is 12.7. The zero-order chi connectivity index (χ0) is 17.9. The van der Waals surface area contributed by atoms with Crippen LogP contribution >= 0.6 is 0 Å². The van der Waals surface area contributed by atoms with Gasteiger partial charge in [-0.15, -0.1) is 0 Å². The molecule has 0 radical (unpaired) electrons. The van der Waals surface area contributed by atoms with Crippen molar-refractivity contribution < 1.29 is 0 Å². The van der Waals surface area contributed by atoms with Gasteiger partial charge in [-0.1, -0.05) is 12.1 Å². The Kier molecular flexibility index (Phi) is 4.61. The third-order valence-electron chi connectivity index (χ3n) is 5.21. The number of nitriles is 1. The minimum atomic E-state index is 0.746. The molecule has 1 aromatic heterocycles. The molecule has 6 nitrogen and oxygen atoms in total. The summed E-state index contributed by atoms with van der Waals surface area (Å²) in [6.45, 7) is 7.73. The van der Waals surface area contributed by atoms with Crippen LogP contribution in [0.5, 0.6) is 0 Å². The average molecular weight is 348 g/mol. The summed E-state index contributed by atoms with van der Waals surface area (Å²) in [4.78, 5) is 16.3. The van der Waals surface area contributed by atoms with Gasteiger partial charge in [0.15, 0.2) is 0 Å². The van der Waals surface area contributed by atoms with E-state index in [-0.39, 0.29) is 0 Å². The summed E-state index contributed by atoms with van der Waals surface area (Å²) >= 11 is 0. The van der Waals surface area contributed by atoms with Crippen molar-refractivity contribution in [3.05, 3.63) is 41.7 Å². The zero-order valence-corrected chi connectivity index (χ0v) is 15.2. The molecule has 0 N–H and O–H groups in total. The van der Waals surface area contributed by atoms with Gasteiger partial charge in [0.05, 0.1) is 11.3 Å². The highest BCUT2D eigenvalue weighted by atomic mass is 15.3. The lowest BCUT2D eigenvalue weighted by Gasteiger charge is -2.37. The van der Waals surface area contributed by atoms with E-state index in [0.717, 1.165) is 68.0 Å². The summed E-state index contributed by atoms with van der Waals surface area (Å²) in [5, 5.41) is 9.34. The van der Waals surface area contributed by atoms with E-state index in [9.17, 15) is 5.26 Å². The number of aryl methyl sites for hydroxylation is 1. The van der Waals surface area contributed by atoms with Crippen LogP contribution in [-0.2, 0) is 0 Å². The van der Waals surface area contributed by atoms with E-state index in [2.05, 4.69) is 36.8 Å². The third kappa shape index (κ3) is 3.30. The Labute approximate surface area is 154 Å². The van der Waals surface area contributed by atoms with Gasteiger partial charge in [0.2, 0.25) is 0 Å². The maximum atomic E-state index is 9.34. The number of anilines is 3. The van der Waals surface area contributed by atoms with Crippen LogP contribution in [0.3, 0.4) is 0 Å². The van der Waals surface area contributed by atoms with Gasteiger partial charge in [-0.05, 0) is 31.9 Å². The zero-order valence-electron chi connectivity index (χ0n) is 15.2. The molecular formula is C20H24N6. The van der Waals surface area contributed by atoms with Crippen molar-refractivity contribution in [1.29, 1.82) is 5.26 Å². The van der Waals surface area contributed by atoms with Gasteiger partial charge in [-0.3, -0.25) is 0 Å². The van der Waals surface area contributed by atoms with Crippen LogP contribution in [-0.4, -0.2) is 49.2 Å². The molecule has 0 spiro atoms. The Balaban J connectivity index is 1.49. The second-order valence-electron chi connectivity index (χ2n) is 6.93. The molecule has 134 valence electrons. The molecule has 0 saturated carbocycles. The van der Waals surface area contributed by atoms with Crippen LogP contribution in [0.4, 0.5) is 17.3 Å². The van der Waals surface area contributed by atoms with Crippen molar-refractivity contribution in [3.63, 3.8) is 0 Å². The molecule has 0 atom stereocenters. The van der Waals surface area contributed by atoms with Crippen molar-refractivity contribution >= 4 is 17.3 Å². The second-order valence-corrected chi connectivity index (χ2v) is 6.93. The van der Waals surface area contributed by atoms with Crippen molar-refractivity contribution in [2.24, 2.45) is 0 Å². The molecule has 3 heterocycles. The van der Waals surface area contributed by atoms with Crippen molar-refractivity contribution in [2.75, 3.05) is 54.0 Å². The molecule has 2 aliphatic rings. The van der Waals surface area contributed by atoms with E-state index >= 15 is 0 Å². The van der Waals surface area contributed by atoms with Gasteiger partial charge < -0.3 is 14.7 Å². The van der Waals surface area contributed by atoms with E-state index in [0.29, 0.717) is 0 Å². The Bertz CT molecular complexity index is 813. The van der Waals surface area contributed by atoms with Gasteiger partial charge >= 0.3 is 0 Å². The standard InChI is InChI=1S/C20H24N6/c1-16-22-19(25-8-4-5-9-25)14-20(23-16)26-12-10-24(11-13-26)18-7-3-2-6-17(18)15-21/h2-3,6-7,14H,4-5,8-13H2,1H3. The van der Waals surface area contributed by atoms with Crippen LogP contribution < -0.4 is 14.7 Å². The maximum absolute atomic E-state index is 9.34. The number of hydrogen-bond acceptors (Lipinski definition) is 6. The Hall–Kier alpha value is -2.81. The molecule has 2 fully saturated rings. The van der Waals surface area contributed by atoms with E-state index in [4.69, 9.17) is 0 Å². The molecule has 0 aliphatic carbocycles. The summed E-state index contributed by atoms with van der Waals surface area (Å²) in [6, 6.07) is 12.3. The van der Waals surface area contributed by atoms with Gasteiger partial charge in [-0.25, -0.2) is 9.97 Å². The number of rotatable bonds is 3. The van der Waals surface area contributed by atoms with Crippen molar-refractivity contribution in [3.8, 4) is 6.07 Å². The smallest absolute Gasteiger partial charge is 0.134 e. The van der Waals surface area contributed by atoms with Crippen LogP contribution in [0.2, 0.25) is 0 Å². The molecule has 26 heavy (non-hydrogen) atoms. The van der Waals surface area contributed by atoms with Crippen LogP contribution in [0, 0.1) is 18.3 Å². The molecule has 2 aliphatic heterocycles. The lowest BCUT2D eigenvalue weighted by Crippen LogP contribution is -2.47. The topological polar surface area (TPSA) is 59.3 Å². The van der Waals surface area contributed by atoms with Crippen LogP contribution in [0.1, 0.15) is 24.2 Å². The fourth-order valence-electron chi connectivity index (χ4n) is 3.83. The minimum Gasteiger partial charge on any atom is -0.367 e. The quantitative estimate of drug-likeness (QED) is 0.850. The van der Waals surface area contributed by atoms with Gasteiger partial charge in [0, 0.05) is 45.3 Å². The highest BCUT2D eigenvalue weighted by molar-refractivity contribution is 5.60. The summed E-state index contributed by atoms with van der Waals surface area (Å²) in [6.07, 6.45) is 2.49. The fourth-order valence-corrected chi connectivity index (χ4v) is 3.83. The summed E-state index contributed by atoms with van der Waals surface area (Å²) < 4.78 is 0. The fraction of sp³-hybridized carbons (Fsp3) is 0.450. The number of para-hydroxylation sites is 1. The molecule has 2 saturated heterocycles. The Morgan fingerprint density at radius 1 is 0.846 bits per heavy atom. The highest BCUT2D eigenvalue weighted by Crippen LogP contribution is 2.25. The monoisotopic (exact) mass is 348 g/mol. The molecule has 2 aromatic rings. The first kappa shape index (κ1) is 16.6. The summed E-state index contributed by atoms with van der Waals surface area (Å²) in [5.41, 5.74) is 1.78. The SMILES string of the molecule is Cc1nc(N2CCCC2)cc(N2CCN(c3ccccc3C#N)CC2)n1. The van der Waals surface area contributed by atoms with Crippen LogP contribution in [0.25, 0.3) is 0 Å². The Morgan fingerprint density at radius 3 is 2.08 bits per heavy atom. The number of aromatic nitrogens is 2. The second kappa shape index (κ2) is 7.20. The number of piperazine rings is 1. The number of benzene rings is 1. The predicted octanol–water partition coefficient (Wildman–Crippen LogP) is 2.58. The average Bonchev–Trinajstić information content (AvgIpc) is 3.22. The maximum Gasteiger partial charge on any atom is 0.134 e. The minimum absolute atomic E-state index is 0.746. The van der Waals surface area contributed by atoms with Gasteiger partial charge in [0.1, 0.15) is 23.5 Å². The van der Waals surface area contributed by atoms with E-state index < -0.39 is 0 Å². The van der Waals surface area contributed by atoms with Gasteiger partial charge in [-0.2, -0.15) is 5.26 Å². The van der Waals surface area contributed by atoms with Crippen molar-refractivity contribution in [1.82, 2.24) is 9.97 Å². The molecule has 0 amide bonds. The highest BCUT2D eigenvalue weighted by Gasteiger charge is 2.22. The van der Waals surface area contributed by atoms with E-state index in [1.807, 2.05) is 31.2 Å². The molecule has 1 aromatic carbocycles. The number of hydrogen-bond donors (Lipinski definition) is 0. The molecular weight excluding hydrogens is 324 g/mol. The third-order valence-corrected chi connectivity index (χ3v) is 5.21. The number of nitrogens with zero attached hydrogens (tertiary/aromatic N) is 6. The summed E-state index contributed by atoms with van der Waals surface area (Å²) in [7, 11) is 0. The first-order valence-electron chi connectivity index (χ1n) is 9.34. The van der Waals surface area contributed by atoms with E-state index in [1.54, 1.807) is 0 Å². The molecule has 0 unspecified atom stereocenters. The normalized spacial score (nSPS) is 17.5. The molecule has 0 bridgehead atoms. The Morgan fingerprint density at radius 2 is 1.42 bits per heavy atom. The molecule has 6 heteroatoms. The van der Waals surface area contributed by atoms with Gasteiger partial charge in [0.25, 0.3) is 0 Å². The largest absolute Gasteiger partial charge is 0.367 e. The van der Waals surface area contributed by atoms with Crippen molar-refractivity contribution in [2.45, 2.75) is 19.8 Å². The lowest BCUT2D eigenvalue weighted by atomic mass is 10.1. The first-order valence-corrected chi connectivity index (χ1v) is 9.34. The predicted molar refractivity (Wildman–Crippen MR) is 104 cm³/mol. The molecule has 4 rings (SSSR count).